The maximum Gasteiger partial charge on any atom is 0.387 e. The molecule has 8 heteroatoms. The molecule has 0 atom stereocenters. The van der Waals surface area contributed by atoms with Gasteiger partial charge in [0.1, 0.15) is 0 Å². The largest absolute Gasteiger partial charge is 0.493 e. The fourth-order valence-electron chi connectivity index (χ4n) is 2.41. The van der Waals surface area contributed by atoms with Crippen molar-refractivity contribution < 1.29 is 23.2 Å². The Balaban J connectivity index is 2.02. The molecule has 2 aromatic rings. The highest BCUT2D eigenvalue weighted by atomic mass is 19.3. The van der Waals surface area contributed by atoms with Crippen LogP contribution in [0.4, 0.5) is 14.5 Å². The Morgan fingerprint density at radius 2 is 1.68 bits per heavy atom. The number of nitro groups is 1. The van der Waals surface area contributed by atoms with Gasteiger partial charge in [0.25, 0.3) is 5.69 Å². The van der Waals surface area contributed by atoms with Crippen molar-refractivity contribution >= 4 is 5.69 Å². The fraction of sp³-hybridized carbons (Fsp3) is 0.294. The quantitative estimate of drug-likeness (QED) is 0.533. The molecule has 6 nitrogen and oxygen atoms in total. The van der Waals surface area contributed by atoms with Crippen LogP contribution in [0.3, 0.4) is 0 Å². The minimum absolute atomic E-state index is 0.0146. The number of hydrogen-bond acceptors (Lipinski definition) is 5. The first-order valence-corrected chi connectivity index (χ1v) is 7.42. The third kappa shape index (κ3) is 5.39. The Morgan fingerprint density at radius 3 is 2.24 bits per heavy atom. The molecule has 25 heavy (non-hydrogen) atoms. The van der Waals surface area contributed by atoms with Gasteiger partial charge in [-0.15, -0.1) is 0 Å². The van der Waals surface area contributed by atoms with Gasteiger partial charge in [-0.1, -0.05) is 18.2 Å². The number of methoxy groups -OCH3 is 1. The first-order valence-electron chi connectivity index (χ1n) is 7.42. The second-order valence-electron chi connectivity index (χ2n) is 5.46. The average molecular weight is 352 g/mol. The van der Waals surface area contributed by atoms with Crippen LogP contribution in [0.5, 0.6) is 11.5 Å². The molecule has 0 fully saturated rings. The molecule has 0 saturated heterocycles. The smallest absolute Gasteiger partial charge is 0.387 e. The van der Waals surface area contributed by atoms with Gasteiger partial charge in [-0.2, -0.15) is 8.78 Å². The molecule has 0 aliphatic carbocycles. The topological polar surface area (TPSA) is 64.8 Å². The molecule has 0 N–H and O–H groups in total. The van der Waals surface area contributed by atoms with Gasteiger partial charge in [0.2, 0.25) is 0 Å². The molecule has 0 aliphatic rings. The second-order valence-corrected chi connectivity index (χ2v) is 5.46. The number of nitro benzene ring substituents is 1. The zero-order valence-corrected chi connectivity index (χ0v) is 13.8. The zero-order chi connectivity index (χ0) is 18.4. The fourth-order valence-corrected chi connectivity index (χ4v) is 2.41. The van der Waals surface area contributed by atoms with E-state index in [1.54, 1.807) is 24.3 Å². The first kappa shape index (κ1) is 18.6. The van der Waals surface area contributed by atoms with E-state index in [1.165, 1.54) is 25.3 Å². The van der Waals surface area contributed by atoms with Crippen LogP contribution in [-0.2, 0) is 13.1 Å². The molecule has 0 radical (unpaired) electrons. The van der Waals surface area contributed by atoms with Gasteiger partial charge >= 0.3 is 6.61 Å². The number of ether oxygens (including phenoxy) is 2. The van der Waals surface area contributed by atoms with Crippen LogP contribution in [0.25, 0.3) is 0 Å². The molecule has 0 unspecified atom stereocenters. The maximum absolute atomic E-state index is 12.3. The van der Waals surface area contributed by atoms with E-state index in [1.807, 2.05) is 11.9 Å². The lowest BCUT2D eigenvalue weighted by atomic mass is 10.1. The zero-order valence-electron chi connectivity index (χ0n) is 13.8. The molecule has 2 rings (SSSR count). The van der Waals surface area contributed by atoms with Gasteiger partial charge in [0, 0.05) is 25.2 Å². The number of rotatable bonds is 8. The summed E-state index contributed by atoms with van der Waals surface area (Å²) in [6.45, 7) is -1.79. The maximum atomic E-state index is 12.3. The van der Waals surface area contributed by atoms with E-state index in [-0.39, 0.29) is 17.2 Å². The lowest BCUT2D eigenvalue weighted by Crippen LogP contribution is -2.17. The van der Waals surface area contributed by atoms with Gasteiger partial charge in [-0.3, -0.25) is 15.0 Å². The highest BCUT2D eigenvalue weighted by Gasteiger charge is 2.12. The van der Waals surface area contributed by atoms with Crippen molar-refractivity contribution in [3.05, 3.63) is 63.7 Å². The Morgan fingerprint density at radius 1 is 1.08 bits per heavy atom. The summed E-state index contributed by atoms with van der Waals surface area (Å²) in [5, 5.41) is 10.7. The number of halogens is 2. The number of non-ortho nitro benzene ring substituents is 1. The van der Waals surface area contributed by atoms with Crippen molar-refractivity contribution in [3.8, 4) is 11.5 Å². The van der Waals surface area contributed by atoms with E-state index in [0.29, 0.717) is 13.1 Å². The lowest BCUT2D eigenvalue weighted by molar-refractivity contribution is -0.384. The van der Waals surface area contributed by atoms with Crippen LogP contribution >= 0.6 is 0 Å². The van der Waals surface area contributed by atoms with Gasteiger partial charge in [0.15, 0.2) is 11.5 Å². The third-order valence-electron chi connectivity index (χ3n) is 3.50. The first-order chi connectivity index (χ1) is 11.9. The molecule has 0 spiro atoms. The van der Waals surface area contributed by atoms with E-state index in [4.69, 9.17) is 4.74 Å². The SMILES string of the molecule is COc1cc(CN(C)Cc2ccc([N+](=O)[O-])cc2)ccc1OC(F)F. The third-order valence-corrected chi connectivity index (χ3v) is 3.50. The average Bonchev–Trinajstić information content (AvgIpc) is 2.56. The highest BCUT2D eigenvalue weighted by molar-refractivity contribution is 5.43. The summed E-state index contributed by atoms with van der Waals surface area (Å²) < 4.78 is 34.2. The summed E-state index contributed by atoms with van der Waals surface area (Å²) in [5.41, 5.74) is 1.84. The minimum atomic E-state index is -2.91. The molecular weight excluding hydrogens is 334 g/mol. The van der Waals surface area contributed by atoms with Crippen molar-refractivity contribution in [3.63, 3.8) is 0 Å². The van der Waals surface area contributed by atoms with Gasteiger partial charge in [-0.25, -0.2) is 0 Å². The number of benzene rings is 2. The lowest BCUT2D eigenvalue weighted by Gasteiger charge is -2.18. The second kappa shape index (κ2) is 8.39. The molecule has 0 aromatic heterocycles. The van der Waals surface area contributed by atoms with Crippen LogP contribution < -0.4 is 9.47 Å². The number of nitrogens with zero attached hydrogens (tertiary/aromatic N) is 2. The molecule has 0 amide bonds. The monoisotopic (exact) mass is 352 g/mol. The summed E-state index contributed by atoms with van der Waals surface area (Å²) >= 11 is 0. The van der Waals surface area contributed by atoms with Gasteiger partial charge in [0.05, 0.1) is 12.0 Å². The van der Waals surface area contributed by atoms with Crippen LogP contribution in [-0.4, -0.2) is 30.6 Å². The Kier molecular flexibility index (Phi) is 6.24. The molecule has 134 valence electrons. The molecule has 0 aliphatic heterocycles. The minimum Gasteiger partial charge on any atom is -0.493 e. The van der Waals surface area contributed by atoms with E-state index in [0.717, 1.165) is 11.1 Å². The van der Waals surface area contributed by atoms with Gasteiger partial charge < -0.3 is 9.47 Å². The van der Waals surface area contributed by atoms with Crippen molar-refractivity contribution in [1.29, 1.82) is 0 Å². The predicted octanol–water partition coefficient (Wildman–Crippen LogP) is 3.84. The molecule has 0 bridgehead atoms. The Bertz CT molecular complexity index is 723. The van der Waals surface area contributed by atoms with Crippen LogP contribution in [0.15, 0.2) is 42.5 Å². The summed E-state index contributed by atoms with van der Waals surface area (Å²) in [6, 6.07) is 11.1. The molecule has 0 heterocycles. The standard InChI is InChI=1S/C17H18F2N2O4/c1-20(10-12-3-6-14(7-4-12)21(22)23)11-13-5-8-15(25-17(18)19)16(9-13)24-2/h3-9,17H,10-11H2,1-2H3. The Labute approximate surface area is 143 Å². The summed E-state index contributed by atoms with van der Waals surface area (Å²) in [4.78, 5) is 12.2. The number of alkyl halides is 2. The summed E-state index contributed by atoms with van der Waals surface area (Å²) in [5.74, 6) is 0.223. The predicted molar refractivity (Wildman–Crippen MR) is 87.9 cm³/mol. The van der Waals surface area contributed by atoms with Crippen molar-refractivity contribution in [2.24, 2.45) is 0 Å². The van der Waals surface area contributed by atoms with E-state index in [2.05, 4.69) is 4.74 Å². The van der Waals surface area contributed by atoms with Gasteiger partial charge in [-0.05, 0) is 30.3 Å². The Hall–Kier alpha value is -2.74. The molecule has 2 aromatic carbocycles. The van der Waals surface area contributed by atoms with E-state index in [9.17, 15) is 18.9 Å². The summed E-state index contributed by atoms with van der Waals surface area (Å²) in [6.07, 6.45) is 0. The van der Waals surface area contributed by atoms with Crippen molar-refractivity contribution in [2.75, 3.05) is 14.2 Å². The molecular formula is C17H18F2N2O4. The van der Waals surface area contributed by atoms with Crippen LogP contribution in [0.1, 0.15) is 11.1 Å². The van der Waals surface area contributed by atoms with Crippen molar-refractivity contribution in [2.45, 2.75) is 19.7 Å². The van der Waals surface area contributed by atoms with Crippen LogP contribution in [0.2, 0.25) is 0 Å². The van der Waals surface area contributed by atoms with E-state index >= 15 is 0 Å². The number of hydrogen-bond donors (Lipinski definition) is 0. The van der Waals surface area contributed by atoms with E-state index < -0.39 is 11.5 Å². The highest BCUT2D eigenvalue weighted by Crippen LogP contribution is 2.30. The normalized spacial score (nSPS) is 11.0. The molecule has 0 saturated carbocycles. The van der Waals surface area contributed by atoms with Crippen LogP contribution in [0, 0.1) is 10.1 Å². The summed E-state index contributed by atoms with van der Waals surface area (Å²) in [7, 11) is 3.27. The van der Waals surface area contributed by atoms with Crippen molar-refractivity contribution in [1.82, 2.24) is 4.90 Å².